The average molecular weight is 370 g/mol. The first-order valence-corrected chi connectivity index (χ1v) is 9.34. The molecule has 2 N–H and O–H groups in total. The van der Waals surface area contributed by atoms with E-state index in [1.165, 1.54) is 16.3 Å². The van der Waals surface area contributed by atoms with Gasteiger partial charge in [0.2, 0.25) is 0 Å². The molecule has 4 heteroatoms. The number of aliphatic hydroxyl groups is 1. The van der Waals surface area contributed by atoms with Gasteiger partial charge in [-0.3, -0.25) is 0 Å². The van der Waals surface area contributed by atoms with Crippen molar-refractivity contribution in [3.63, 3.8) is 0 Å². The Morgan fingerprint density at radius 1 is 1.04 bits per heavy atom. The molecule has 3 aromatic carbocycles. The highest BCUT2D eigenvalue weighted by atomic mass is 35.5. The summed E-state index contributed by atoms with van der Waals surface area (Å²) in [6, 6.07) is 20.4. The molecule has 0 radical (unpaired) electrons. The fourth-order valence-corrected chi connectivity index (χ4v) is 3.41. The first-order chi connectivity index (χ1) is 12.7. The molecule has 0 aliphatic heterocycles. The second-order valence-electron chi connectivity index (χ2n) is 6.19. The lowest BCUT2D eigenvalue weighted by molar-refractivity contribution is 0.282. The molecule has 0 saturated carbocycles. The molecule has 0 aromatic heterocycles. The zero-order chi connectivity index (χ0) is 18.4. The Morgan fingerprint density at radius 2 is 1.81 bits per heavy atom. The van der Waals surface area contributed by atoms with Crippen LogP contribution in [-0.2, 0) is 6.42 Å². The van der Waals surface area contributed by atoms with Crippen LogP contribution < -0.4 is 10.1 Å². The Hall–Kier alpha value is -2.07. The van der Waals surface area contributed by atoms with Crippen molar-refractivity contribution >= 4 is 22.4 Å². The predicted molar refractivity (Wildman–Crippen MR) is 108 cm³/mol. The van der Waals surface area contributed by atoms with E-state index in [0.29, 0.717) is 13.2 Å². The smallest absolute Gasteiger partial charge is 0.124 e. The fourth-order valence-electron chi connectivity index (χ4n) is 3.29. The second-order valence-corrected chi connectivity index (χ2v) is 6.63. The molecule has 136 valence electrons. The number of halogens is 1. The molecule has 0 saturated heterocycles. The summed E-state index contributed by atoms with van der Waals surface area (Å²) in [7, 11) is 0. The van der Waals surface area contributed by atoms with Crippen molar-refractivity contribution in [1.82, 2.24) is 5.32 Å². The van der Waals surface area contributed by atoms with Crippen LogP contribution in [-0.4, -0.2) is 24.9 Å². The molecule has 0 bridgehead atoms. The van der Waals surface area contributed by atoms with E-state index < -0.39 is 0 Å². The van der Waals surface area contributed by atoms with Gasteiger partial charge in [-0.2, -0.15) is 0 Å². The van der Waals surface area contributed by atoms with Crippen LogP contribution in [0.25, 0.3) is 10.8 Å². The van der Waals surface area contributed by atoms with E-state index in [1.807, 2.05) is 49.4 Å². The third-order valence-corrected chi connectivity index (χ3v) is 4.69. The van der Waals surface area contributed by atoms with E-state index in [2.05, 4.69) is 23.5 Å². The Morgan fingerprint density at radius 3 is 2.54 bits per heavy atom. The number of benzene rings is 3. The van der Waals surface area contributed by atoms with Gasteiger partial charge in [-0.05, 0) is 47.9 Å². The number of ether oxygens (including phenoxy) is 1. The first-order valence-electron chi connectivity index (χ1n) is 8.96. The van der Waals surface area contributed by atoms with Gasteiger partial charge >= 0.3 is 0 Å². The summed E-state index contributed by atoms with van der Waals surface area (Å²) in [5.41, 5.74) is 2.31. The van der Waals surface area contributed by atoms with Gasteiger partial charge in [0.15, 0.2) is 0 Å². The van der Waals surface area contributed by atoms with E-state index in [-0.39, 0.29) is 12.6 Å². The van der Waals surface area contributed by atoms with Crippen LogP contribution in [0, 0.1) is 0 Å². The quantitative estimate of drug-likeness (QED) is 0.601. The van der Waals surface area contributed by atoms with Crippen molar-refractivity contribution in [1.29, 1.82) is 0 Å². The molecule has 3 rings (SSSR count). The minimum Gasteiger partial charge on any atom is -0.494 e. The number of hydrogen-bond donors (Lipinski definition) is 2. The third kappa shape index (κ3) is 4.36. The molecule has 0 amide bonds. The Labute approximate surface area is 159 Å². The number of nitrogens with one attached hydrogen (secondary N) is 1. The van der Waals surface area contributed by atoms with E-state index >= 15 is 0 Å². The van der Waals surface area contributed by atoms with Gasteiger partial charge in [-0.25, -0.2) is 0 Å². The summed E-state index contributed by atoms with van der Waals surface area (Å²) >= 11 is 6.02. The molecule has 3 aromatic rings. The van der Waals surface area contributed by atoms with Crippen LogP contribution in [0.4, 0.5) is 0 Å². The second kappa shape index (κ2) is 9.04. The normalized spacial score (nSPS) is 12.3. The van der Waals surface area contributed by atoms with E-state index in [1.54, 1.807) is 0 Å². The number of hydrogen-bond acceptors (Lipinski definition) is 3. The number of rotatable bonds is 8. The molecule has 0 heterocycles. The van der Waals surface area contributed by atoms with E-state index in [0.717, 1.165) is 22.8 Å². The van der Waals surface area contributed by atoms with E-state index in [4.69, 9.17) is 16.3 Å². The Balaban J connectivity index is 2.06. The summed E-state index contributed by atoms with van der Waals surface area (Å²) in [5, 5.41) is 15.9. The lowest BCUT2D eigenvalue weighted by Crippen LogP contribution is -2.27. The molecule has 0 aliphatic carbocycles. The van der Waals surface area contributed by atoms with Crippen LogP contribution in [0.5, 0.6) is 5.75 Å². The minimum atomic E-state index is 0.0241. The molecule has 26 heavy (non-hydrogen) atoms. The van der Waals surface area contributed by atoms with Gasteiger partial charge in [0.25, 0.3) is 0 Å². The molecule has 1 atom stereocenters. The van der Waals surface area contributed by atoms with Gasteiger partial charge in [0.05, 0.1) is 13.2 Å². The highest BCUT2D eigenvalue weighted by Crippen LogP contribution is 2.35. The van der Waals surface area contributed by atoms with Gasteiger partial charge in [0, 0.05) is 23.2 Å². The molecule has 0 fully saturated rings. The van der Waals surface area contributed by atoms with Crippen LogP contribution >= 0.6 is 11.6 Å². The molecular weight excluding hydrogens is 346 g/mol. The Bertz CT molecular complexity index is 848. The van der Waals surface area contributed by atoms with Crippen molar-refractivity contribution in [2.75, 3.05) is 19.8 Å². The van der Waals surface area contributed by atoms with Crippen molar-refractivity contribution in [2.45, 2.75) is 19.4 Å². The zero-order valence-electron chi connectivity index (χ0n) is 14.9. The maximum absolute atomic E-state index is 9.34. The van der Waals surface area contributed by atoms with Crippen LogP contribution in [0.2, 0.25) is 5.02 Å². The topological polar surface area (TPSA) is 41.5 Å². The summed E-state index contributed by atoms with van der Waals surface area (Å²) < 4.78 is 5.94. The van der Waals surface area contributed by atoms with Crippen LogP contribution in [0.3, 0.4) is 0 Å². The largest absolute Gasteiger partial charge is 0.494 e. The van der Waals surface area contributed by atoms with Gasteiger partial charge in [0.1, 0.15) is 5.75 Å². The first kappa shape index (κ1) is 18.7. The number of aliphatic hydroxyl groups excluding tert-OH is 1. The monoisotopic (exact) mass is 369 g/mol. The maximum atomic E-state index is 9.34. The predicted octanol–water partition coefficient (Wildman–Crippen LogP) is 4.76. The van der Waals surface area contributed by atoms with Gasteiger partial charge in [-0.15, -0.1) is 0 Å². The minimum absolute atomic E-state index is 0.0241. The highest BCUT2D eigenvalue weighted by Gasteiger charge is 2.19. The lowest BCUT2D eigenvalue weighted by atomic mass is 9.93. The SMILES string of the molecule is CCOc1ccc2ccccc2c1[C@H](Cc1ccc(Cl)cc1)NCCO. The molecule has 0 spiro atoms. The Kier molecular flexibility index (Phi) is 6.51. The van der Waals surface area contributed by atoms with Crippen molar-refractivity contribution < 1.29 is 9.84 Å². The van der Waals surface area contributed by atoms with Gasteiger partial charge in [-0.1, -0.05) is 54.1 Å². The lowest BCUT2D eigenvalue weighted by Gasteiger charge is -2.24. The summed E-state index contributed by atoms with van der Waals surface area (Å²) in [6.45, 7) is 3.21. The van der Waals surface area contributed by atoms with Gasteiger partial charge < -0.3 is 15.2 Å². The molecule has 0 aliphatic rings. The summed E-state index contributed by atoms with van der Waals surface area (Å²) in [6.07, 6.45) is 0.783. The molecule has 0 unspecified atom stereocenters. The zero-order valence-corrected chi connectivity index (χ0v) is 15.7. The van der Waals surface area contributed by atoms with Crippen molar-refractivity contribution in [3.05, 3.63) is 76.8 Å². The van der Waals surface area contributed by atoms with E-state index in [9.17, 15) is 5.11 Å². The molecule has 3 nitrogen and oxygen atoms in total. The summed E-state index contributed by atoms with van der Waals surface area (Å²) in [5.74, 6) is 0.885. The average Bonchev–Trinajstić information content (AvgIpc) is 2.67. The van der Waals surface area contributed by atoms with Crippen LogP contribution in [0.1, 0.15) is 24.1 Å². The maximum Gasteiger partial charge on any atom is 0.124 e. The fraction of sp³-hybridized carbons (Fsp3) is 0.273. The van der Waals surface area contributed by atoms with Crippen molar-refractivity contribution in [3.8, 4) is 5.75 Å². The number of fused-ring (bicyclic) bond motifs is 1. The van der Waals surface area contributed by atoms with Crippen LogP contribution in [0.15, 0.2) is 60.7 Å². The third-order valence-electron chi connectivity index (χ3n) is 4.43. The summed E-state index contributed by atoms with van der Waals surface area (Å²) in [4.78, 5) is 0. The molecular formula is C22H24ClNO2. The standard InChI is InChI=1S/C22H24ClNO2/c1-2-26-21-12-9-17-5-3-4-6-19(17)22(21)20(24-13-14-25)15-16-7-10-18(23)11-8-16/h3-12,20,24-25H,2,13-15H2,1H3/t20-/m0/s1. The highest BCUT2D eigenvalue weighted by molar-refractivity contribution is 6.30. The van der Waals surface area contributed by atoms with Crippen molar-refractivity contribution in [2.24, 2.45) is 0 Å².